The third-order valence-electron chi connectivity index (χ3n) is 4.97. The lowest BCUT2D eigenvalue weighted by Gasteiger charge is -2.11. The predicted molar refractivity (Wildman–Crippen MR) is 122 cm³/mol. The van der Waals surface area contributed by atoms with E-state index in [1.54, 1.807) is 0 Å². The Kier molecular flexibility index (Phi) is 6.04. The lowest BCUT2D eigenvalue weighted by atomic mass is 9.99. The summed E-state index contributed by atoms with van der Waals surface area (Å²) >= 11 is 6.07. The van der Waals surface area contributed by atoms with Gasteiger partial charge in [-0.15, -0.1) is 0 Å². The minimum absolute atomic E-state index is 0.482. The molecule has 0 aliphatic heterocycles. The van der Waals surface area contributed by atoms with Crippen LogP contribution in [0.5, 0.6) is 0 Å². The molecule has 2 nitrogen and oxygen atoms in total. The Balaban J connectivity index is 1.46. The summed E-state index contributed by atoms with van der Waals surface area (Å²) in [5.41, 5.74) is 4.96. The second-order valence-corrected chi connectivity index (χ2v) is 7.55. The van der Waals surface area contributed by atoms with E-state index in [-0.39, 0.29) is 0 Å². The lowest BCUT2D eigenvalue weighted by molar-refractivity contribution is 0.168. The lowest BCUT2D eigenvalue weighted by Crippen LogP contribution is -2.00. The van der Waals surface area contributed by atoms with Crippen molar-refractivity contribution in [1.82, 2.24) is 4.98 Å². The summed E-state index contributed by atoms with van der Waals surface area (Å²) < 4.78 is 0. The summed E-state index contributed by atoms with van der Waals surface area (Å²) in [5, 5.41) is 12.3. The van der Waals surface area contributed by atoms with Crippen LogP contribution in [-0.2, 0) is 6.42 Å². The highest BCUT2D eigenvalue weighted by atomic mass is 35.5. The van der Waals surface area contributed by atoms with Crippen LogP contribution < -0.4 is 0 Å². The van der Waals surface area contributed by atoms with Crippen molar-refractivity contribution in [2.75, 3.05) is 0 Å². The summed E-state index contributed by atoms with van der Waals surface area (Å²) in [6.45, 7) is 0. The van der Waals surface area contributed by atoms with Gasteiger partial charge in [-0.25, -0.2) is 4.98 Å². The SMILES string of the molecule is O[C@H](CCc1ccccc1)c1cccc(C=Cc2ccc3ccc(Cl)cc3n2)c1. The van der Waals surface area contributed by atoms with Crippen molar-refractivity contribution < 1.29 is 5.11 Å². The average molecular weight is 400 g/mol. The molecular weight excluding hydrogens is 378 g/mol. The Morgan fingerprint density at radius 2 is 1.69 bits per heavy atom. The first-order chi connectivity index (χ1) is 14.2. The van der Waals surface area contributed by atoms with Gasteiger partial charge in [0.1, 0.15) is 0 Å². The minimum atomic E-state index is -0.482. The maximum atomic E-state index is 10.6. The van der Waals surface area contributed by atoms with Gasteiger partial charge in [-0.3, -0.25) is 0 Å². The Hall–Kier alpha value is -2.94. The number of hydrogen-bond acceptors (Lipinski definition) is 2. The molecule has 144 valence electrons. The summed E-state index contributed by atoms with van der Waals surface area (Å²) in [6.07, 6.45) is 5.07. The number of halogens is 1. The van der Waals surface area contributed by atoms with Crippen LogP contribution in [0.25, 0.3) is 23.1 Å². The average Bonchev–Trinajstić information content (AvgIpc) is 2.76. The van der Waals surface area contributed by atoms with Gasteiger partial charge in [0.15, 0.2) is 0 Å². The molecule has 1 heterocycles. The van der Waals surface area contributed by atoms with Crippen molar-refractivity contribution in [2.45, 2.75) is 18.9 Å². The molecule has 3 aromatic carbocycles. The molecule has 0 fully saturated rings. The highest BCUT2D eigenvalue weighted by molar-refractivity contribution is 6.31. The fraction of sp³-hybridized carbons (Fsp3) is 0.115. The third-order valence-corrected chi connectivity index (χ3v) is 5.20. The molecule has 1 atom stereocenters. The van der Waals surface area contributed by atoms with Gasteiger partial charge in [-0.2, -0.15) is 0 Å². The number of aliphatic hydroxyl groups excluding tert-OH is 1. The number of benzene rings is 3. The highest BCUT2D eigenvalue weighted by Crippen LogP contribution is 2.22. The van der Waals surface area contributed by atoms with E-state index in [4.69, 9.17) is 11.6 Å². The van der Waals surface area contributed by atoms with Crippen LogP contribution >= 0.6 is 11.6 Å². The third kappa shape index (κ3) is 5.11. The van der Waals surface area contributed by atoms with Crippen LogP contribution in [0.1, 0.15) is 34.9 Å². The molecule has 3 heteroatoms. The van der Waals surface area contributed by atoms with Crippen molar-refractivity contribution in [3.63, 3.8) is 0 Å². The second-order valence-electron chi connectivity index (χ2n) is 7.12. The molecule has 1 aromatic heterocycles. The molecule has 0 radical (unpaired) electrons. The molecule has 0 aliphatic rings. The minimum Gasteiger partial charge on any atom is -0.388 e. The molecule has 0 amide bonds. The van der Waals surface area contributed by atoms with Gasteiger partial charge in [0.05, 0.1) is 17.3 Å². The van der Waals surface area contributed by atoms with E-state index in [1.807, 2.05) is 84.9 Å². The smallest absolute Gasteiger partial charge is 0.0793 e. The summed E-state index contributed by atoms with van der Waals surface area (Å²) in [7, 11) is 0. The van der Waals surface area contributed by atoms with Gasteiger partial charge >= 0.3 is 0 Å². The van der Waals surface area contributed by atoms with Crippen molar-refractivity contribution in [1.29, 1.82) is 0 Å². The number of nitrogens with zero attached hydrogens (tertiary/aromatic N) is 1. The molecule has 0 saturated carbocycles. The molecule has 0 unspecified atom stereocenters. The first-order valence-electron chi connectivity index (χ1n) is 9.74. The first kappa shape index (κ1) is 19.4. The van der Waals surface area contributed by atoms with E-state index in [0.29, 0.717) is 11.4 Å². The number of hydrogen-bond donors (Lipinski definition) is 1. The Labute approximate surface area is 176 Å². The van der Waals surface area contributed by atoms with Crippen molar-refractivity contribution in [2.24, 2.45) is 0 Å². The van der Waals surface area contributed by atoms with Crippen molar-refractivity contribution >= 4 is 34.7 Å². The van der Waals surface area contributed by atoms with E-state index in [0.717, 1.165) is 34.1 Å². The summed E-state index contributed by atoms with van der Waals surface area (Å²) in [5.74, 6) is 0. The van der Waals surface area contributed by atoms with E-state index in [1.165, 1.54) is 5.56 Å². The normalized spacial score (nSPS) is 12.5. The monoisotopic (exact) mass is 399 g/mol. The van der Waals surface area contributed by atoms with Crippen LogP contribution in [0.15, 0.2) is 84.9 Å². The molecule has 1 N–H and O–H groups in total. The molecule has 4 aromatic rings. The van der Waals surface area contributed by atoms with Crippen LogP contribution in [0.2, 0.25) is 5.02 Å². The van der Waals surface area contributed by atoms with Crippen LogP contribution in [0, 0.1) is 0 Å². The van der Waals surface area contributed by atoms with Gasteiger partial charge in [-0.1, -0.05) is 78.3 Å². The zero-order valence-corrected chi connectivity index (χ0v) is 16.8. The fourth-order valence-corrected chi connectivity index (χ4v) is 3.53. The van der Waals surface area contributed by atoms with E-state index >= 15 is 0 Å². The predicted octanol–water partition coefficient (Wildman–Crippen LogP) is 6.72. The number of fused-ring (bicyclic) bond motifs is 1. The molecule has 4 rings (SSSR count). The highest BCUT2D eigenvalue weighted by Gasteiger charge is 2.08. The quantitative estimate of drug-likeness (QED) is 0.390. The Morgan fingerprint density at radius 1 is 0.862 bits per heavy atom. The van der Waals surface area contributed by atoms with Gasteiger partial charge < -0.3 is 5.11 Å². The second kappa shape index (κ2) is 9.04. The number of pyridine rings is 1. The van der Waals surface area contributed by atoms with Crippen molar-refractivity contribution in [3.8, 4) is 0 Å². The van der Waals surface area contributed by atoms with Gasteiger partial charge in [-0.05, 0) is 59.9 Å². The standard InChI is InChI=1S/C26H22ClNO/c27-23-13-11-21-12-15-24(28-25(21)18-23)14-9-20-7-4-8-22(17-20)26(29)16-10-19-5-2-1-3-6-19/h1-9,11-15,17-18,26,29H,10,16H2/t26-/m1/s1. The number of aryl methyl sites for hydroxylation is 1. The van der Waals surface area contributed by atoms with Crippen molar-refractivity contribution in [3.05, 3.63) is 112 Å². The maximum Gasteiger partial charge on any atom is 0.0793 e. The van der Waals surface area contributed by atoms with E-state index in [2.05, 4.69) is 17.1 Å². The largest absolute Gasteiger partial charge is 0.388 e. The van der Waals surface area contributed by atoms with Gasteiger partial charge in [0.25, 0.3) is 0 Å². The van der Waals surface area contributed by atoms with Crippen LogP contribution in [0.3, 0.4) is 0 Å². The zero-order chi connectivity index (χ0) is 20.1. The summed E-state index contributed by atoms with van der Waals surface area (Å²) in [4.78, 5) is 4.65. The number of aromatic nitrogens is 1. The Bertz CT molecular complexity index is 1140. The van der Waals surface area contributed by atoms with Crippen LogP contribution in [-0.4, -0.2) is 10.1 Å². The first-order valence-corrected chi connectivity index (χ1v) is 10.1. The molecule has 0 aliphatic carbocycles. The van der Waals surface area contributed by atoms with E-state index < -0.39 is 6.10 Å². The molecule has 0 spiro atoms. The topological polar surface area (TPSA) is 33.1 Å². The number of aliphatic hydroxyl groups is 1. The van der Waals surface area contributed by atoms with E-state index in [9.17, 15) is 5.11 Å². The summed E-state index contributed by atoms with van der Waals surface area (Å²) in [6, 6.07) is 28.0. The van der Waals surface area contributed by atoms with Gasteiger partial charge in [0.2, 0.25) is 0 Å². The molecule has 0 saturated heterocycles. The maximum absolute atomic E-state index is 10.6. The zero-order valence-electron chi connectivity index (χ0n) is 16.0. The fourth-order valence-electron chi connectivity index (χ4n) is 3.37. The Morgan fingerprint density at radius 3 is 2.55 bits per heavy atom. The molecule has 0 bridgehead atoms. The molecule has 29 heavy (non-hydrogen) atoms. The van der Waals surface area contributed by atoms with Crippen LogP contribution in [0.4, 0.5) is 0 Å². The molecular formula is C26H22ClNO. The number of rotatable bonds is 6. The van der Waals surface area contributed by atoms with Gasteiger partial charge in [0, 0.05) is 10.4 Å².